The Labute approximate surface area is 128 Å². The Morgan fingerprint density at radius 2 is 1.81 bits per heavy atom. The summed E-state index contributed by atoms with van der Waals surface area (Å²) in [6.07, 6.45) is 3.24. The van der Waals surface area contributed by atoms with Gasteiger partial charge in [-0.3, -0.25) is 0 Å². The van der Waals surface area contributed by atoms with Gasteiger partial charge in [0.2, 0.25) is 0 Å². The zero-order valence-electron chi connectivity index (χ0n) is 13.6. The second-order valence-corrected chi connectivity index (χ2v) is 6.59. The van der Waals surface area contributed by atoms with Crippen LogP contribution in [-0.2, 0) is 11.2 Å². The minimum atomic E-state index is -0.391. The Kier molecular flexibility index (Phi) is 6.22. The molecule has 0 aliphatic carbocycles. The average Bonchev–Trinajstić information content (AvgIpc) is 2.48. The Hall–Kier alpha value is -0.900. The standard InChI is InChI=1S/C18H29NO2/c1-14(2)12-15-4-6-16(7-5-15)18(20)13-19-10-8-17(21-3)9-11-19/h4-7,14,17-18,20H,8-13H2,1-3H3. The lowest BCUT2D eigenvalue weighted by atomic mass is 9.99. The van der Waals surface area contributed by atoms with Gasteiger partial charge in [0.1, 0.15) is 0 Å². The molecule has 1 aromatic carbocycles. The van der Waals surface area contributed by atoms with Crippen LogP contribution in [0.25, 0.3) is 0 Å². The lowest BCUT2D eigenvalue weighted by molar-refractivity contribution is 0.0242. The highest BCUT2D eigenvalue weighted by Gasteiger charge is 2.21. The predicted octanol–water partition coefficient (Wildman–Crippen LogP) is 3.03. The van der Waals surface area contributed by atoms with Gasteiger partial charge >= 0.3 is 0 Å². The SMILES string of the molecule is COC1CCN(CC(O)c2ccc(CC(C)C)cc2)CC1. The highest BCUT2D eigenvalue weighted by molar-refractivity contribution is 5.24. The molecule has 1 aliphatic heterocycles. The summed E-state index contributed by atoms with van der Waals surface area (Å²) in [5.74, 6) is 0.669. The third kappa shape index (κ3) is 5.10. The number of benzene rings is 1. The summed E-state index contributed by atoms with van der Waals surface area (Å²) in [6, 6.07) is 8.44. The number of rotatable bonds is 6. The second-order valence-electron chi connectivity index (χ2n) is 6.59. The van der Waals surface area contributed by atoms with Crippen LogP contribution in [-0.4, -0.2) is 42.9 Å². The molecule has 1 heterocycles. The molecule has 1 fully saturated rings. The maximum atomic E-state index is 10.4. The topological polar surface area (TPSA) is 32.7 Å². The summed E-state index contributed by atoms with van der Waals surface area (Å²) in [7, 11) is 1.79. The van der Waals surface area contributed by atoms with E-state index in [9.17, 15) is 5.11 Å². The molecule has 0 aromatic heterocycles. The maximum Gasteiger partial charge on any atom is 0.0916 e. The van der Waals surface area contributed by atoms with Crippen molar-refractivity contribution in [3.63, 3.8) is 0 Å². The van der Waals surface area contributed by atoms with Crippen LogP contribution in [0, 0.1) is 5.92 Å². The van der Waals surface area contributed by atoms with Crippen molar-refractivity contribution in [2.24, 2.45) is 5.92 Å². The fraction of sp³-hybridized carbons (Fsp3) is 0.667. The van der Waals surface area contributed by atoms with Gasteiger partial charge in [-0.05, 0) is 36.3 Å². The van der Waals surface area contributed by atoms with E-state index in [1.54, 1.807) is 7.11 Å². The number of piperidine rings is 1. The molecular formula is C18H29NO2. The number of hydrogen-bond acceptors (Lipinski definition) is 3. The van der Waals surface area contributed by atoms with E-state index in [4.69, 9.17) is 4.74 Å². The molecule has 1 aliphatic rings. The van der Waals surface area contributed by atoms with Gasteiger partial charge in [0.05, 0.1) is 12.2 Å². The molecule has 0 radical (unpaired) electrons. The first-order valence-corrected chi connectivity index (χ1v) is 8.10. The van der Waals surface area contributed by atoms with Crippen molar-refractivity contribution < 1.29 is 9.84 Å². The van der Waals surface area contributed by atoms with Crippen molar-refractivity contribution in [2.75, 3.05) is 26.7 Å². The zero-order valence-corrected chi connectivity index (χ0v) is 13.6. The van der Waals surface area contributed by atoms with E-state index in [1.807, 2.05) is 0 Å². The van der Waals surface area contributed by atoms with Crippen molar-refractivity contribution in [3.8, 4) is 0 Å². The van der Waals surface area contributed by atoms with Gasteiger partial charge < -0.3 is 14.7 Å². The van der Waals surface area contributed by atoms with Gasteiger partial charge in [-0.25, -0.2) is 0 Å². The van der Waals surface area contributed by atoms with Crippen LogP contribution < -0.4 is 0 Å². The van der Waals surface area contributed by atoms with Crippen molar-refractivity contribution in [1.29, 1.82) is 0 Å². The van der Waals surface area contributed by atoms with Crippen LogP contribution in [0.3, 0.4) is 0 Å². The Bertz CT molecular complexity index is 408. The molecule has 1 atom stereocenters. The van der Waals surface area contributed by atoms with Crippen molar-refractivity contribution in [1.82, 2.24) is 4.90 Å². The van der Waals surface area contributed by atoms with Gasteiger partial charge in [0.25, 0.3) is 0 Å². The van der Waals surface area contributed by atoms with Crippen LogP contribution in [0.1, 0.15) is 43.9 Å². The molecule has 21 heavy (non-hydrogen) atoms. The first-order valence-electron chi connectivity index (χ1n) is 8.10. The summed E-state index contributed by atoms with van der Waals surface area (Å²) >= 11 is 0. The largest absolute Gasteiger partial charge is 0.387 e. The van der Waals surface area contributed by atoms with E-state index >= 15 is 0 Å². The van der Waals surface area contributed by atoms with E-state index in [0.29, 0.717) is 12.0 Å². The molecule has 3 nitrogen and oxygen atoms in total. The Morgan fingerprint density at radius 1 is 1.19 bits per heavy atom. The molecule has 118 valence electrons. The van der Waals surface area contributed by atoms with Gasteiger partial charge in [0, 0.05) is 26.7 Å². The predicted molar refractivity (Wildman–Crippen MR) is 86.4 cm³/mol. The fourth-order valence-corrected chi connectivity index (χ4v) is 3.02. The quantitative estimate of drug-likeness (QED) is 0.874. The molecular weight excluding hydrogens is 262 g/mol. The van der Waals surface area contributed by atoms with E-state index in [0.717, 1.165) is 44.5 Å². The lowest BCUT2D eigenvalue weighted by Crippen LogP contribution is -2.38. The molecule has 1 saturated heterocycles. The molecule has 0 spiro atoms. The van der Waals surface area contributed by atoms with Crippen molar-refractivity contribution >= 4 is 0 Å². The summed E-state index contributed by atoms with van der Waals surface area (Å²) in [4.78, 5) is 2.34. The van der Waals surface area contributed by atoms with Crippen molar-refractivity contribution in [3.05, 3.63) is 35.4 Å². The van der Waals surface area contributed by atoms with Crippen LogP contribution in [0.4, 0.5) is 0 Å². The number of hydrogen-bond donors (Lipinski definition) is 1. The first-order chi connectivity index (χ1) is 10.1. The van der Waals surface area contributed by atoms with Gasteiger partial charge in [-0.2, -0.15) is 0 Å². The number of aliphatic hydroxyl groups is 1. The highest BCUT2D eigenvalue weighted by atomic mass is 16.5. The maximum absolute atomic E-state index is 10.4. The monoisotopic (exact) mass is 291 g/mol. The Morgan fingerprint density at radius 3 is 2.33 bits per heavy atom. The fourth-order valence-electron chi connectivity index (χ4n) is 3.02. The van der Waals surface area contributed by atoms with E-state index in [1.165, 1.54) is 5.56 Å². The minimum Gasteiger partial charge on any atom is -0.387 e. The summed E-state index contributed by atoms with van der Waals surface area (Å²) in [5, 5.41) is 10.4. The molecule has 1 unspecified atom stereocenters. The van der Waals surface area contributed by atoms with Gasteiger partial charge in [-0.1, -0.05) is 38.1 Å². The van der Waals surface area contributed by atoms with E-state index in [2.05, 4.69) is 43.0 Å². The summed E-state index contributed by atoms with van der Waals surface area (Å²) < 4.78 is 5.38. The average molecular weight is 291 g/mol. The van der Waals surface area contributed by atoms with Crippen LogP contribution in [0.5, 0.6) is 0 Å². The normalized spacial score (nSPS) is 19.1. The number of aliphatic hydroxyl groups excluding tert-OH is 1. The van der Waals surface area contributed by atoms with Crippen LogP contribution >= 0.6 is 0 Å². The Balaban J connectivity index is 1.84. The van der Waals surface area contributed by atoms with E-state index < -0.39 is 6.10 Å². The summed E-state index contributed by atoms with van der Waals surface area (Å²) in [5.41, 5.74) is 2.37. The smallest absolute Gasteiger partial charge is 0.0916 e. The molecule has 2 rings (SSSR count). The van der Waals surface area contributed by atoms with Crippen LogP contribution in [0.2, 0.25) is 0 Å². The minimum absolute atomic E-state index is 0.391. The third-order valence-corrected chi connectivity index (χ3v) is 4.31. The van der Waals surface area contributed by atoms with Crippen LogP contribution in [0.15, 0.2) is 24.3 Å². The molecule has 0 saturated carbocycles. The zero-order chi connectivity index (χ0) is 15.2. The van der Waals surface area contributed by atoms with Gasteiger partial charge in [0.15, 0.2) is 0 Å². The molecule has 0 amide bonds. The first kappa shape index (κ1) is 16.5. The number of likely N-dealkylation sites (tertiary alicyclic amines) is 1. The van der Waals surface area contributed by atoms with E-state index in [-0.39, 0.29) is 0 Å². The third-order valence-electron chi connectivity index (χ3n) is 4.31. The van der Waals surface area contributed by atoms with Crippen molar-refractivity contribution in [2.45, 2.75) is 45.3 Å². The second kappa shape index (κ2) is 7.92. The summed E-state index contributed by atoms with van der Waals surface area (Å²) in [6.45, 7) is 7.21. The number of nitrogens with zero attached hydrogens (tertiary/aromatic N) is 1. The molecule has 1 N–H and O–H groups in total. The number of methoxy groups -OCH3 is 1. The number of ether oxygens (including phenoxy) is 1. The molecule has 0 bridgehead atoms. The van der Waals surface area contributed by atoms with Gasteiger partial charge in [-0.15, -0.1) is 0 Å². The molecule has 3 heteroatoms. The number of β-amino-alcohol motifs (C(OH)–C–C–N with tert-alkyl or cyclic N) is 1. The lowest BCUT2D eigenvalue weighted by Gasteiger charge is -2.32. The molecule has 1 aromatic rings. The highest BCUT2D eigenvalue weighted by Crippen LogP contribution is 2.20.